The van der Waals surface area contributed by atoms with Crippen LogP contribution in [0, 0.1) is 0 Å². The lowest BCUT2D eigenvalue weighted by molar-refractivity contribution is 0.416. The van der Waals surface area contributed by atoms with E-state index in [0.717, 1.165) is 0 Å². The number of hydrogen-bond acceptors (Lipinski definition) is 4. The van der Waals surface area contributed by atoms with Crippen molar-refractivity contribution in [1.29, 1.82) is 0 Å². The van der Waals surface area contributed by atoms with Gasteiger partial charge in [0.1, 0.15) is 4.90 Å². The van der Waals surface area contributed by atoms with E-state index in [-0.39, 0.29) is 4.90 Å². The fourth-order valence-electron chi connectivity index (χ4n) is 0.671. The molecule has 0 aliphatic carbocycles. The fourth-order valence-corrected chi connectivity index (χ4v) is 3.23. The second-order valence-electron chi connectivity index (χ2n) is 1.95. The minimum Gasteiger partial charge on any atom is -0.486 e. The third-order valence-corrected chi connectivity index (χ3v) is 3.77. The van der Waals surface area contributed by atoms with Gasteiger partial charge in [0.25, 0.3) is 0 Å². The van der Waals surface area contributed by atoms with Gasteiger partial charge < -0.3 is 4.74 Å². The van der Waals surface area contributed by atoms with Crippen LogP contribution in [-0.2, 0) is 10.0 Å². The number of sulfonamides is 1. The Balaban J connectivity index is 3.33. The molecule has 2 N–H and O–H groups in total. The summed E-state index contributed by atoms with van der Waals surface area (Å²) in [6.45, 7) is 0. The first-order valence-corrected chi connectivity index (χ1v) is 5.97. The van der Waals surface area contributed by atoms with Crippen LogP contribution in [0.1, 0.15) is 0 Å². The summed E-state index contributed by atoms with van der Waals surface area (Å²) in [5, 5.41) is 5.22. The summed E-state index contributed by atoms with van der Waals surface area (Å²) in [4.78, 5) is 0.0156. The van der Waals surface area contributed by atoms with E-state index in [4.69, 9.17) is 9.88 Å². The number of thiophene rings is 1. The molecule has 0 fully saturated rings. The highest BCUT2D eigenvalue weighted by Crippen LogP contribution is 2.36. The molecular weight excluding hydrogens is 266 g/mol. The molecule has 0 bridgehead atoms. The Kier molecular flexibility index (Phi) is 2.77. The summed E-state index contributed by atoms with van der Waals surface area (Å²) in [5.74, 6) is 0. The number of methoxy groups -OCH3 is 1. The van der Waals surface area contributed by atoms with Crippen LogP contribution in [-0.4, -0.2) is 15.5 Å². The van der Waals surface area contributed by atoms with Gasteiger partial charge in [-0.25, -0.2) is 13.6 Å². The van der Waals surface area contributed by atoms with Gasteiger partial charge in [-0.2, -0.15) is 0 Å². The minimum atomic E-state index is -3.67. The maximum absolute atomic E-state index is 10.9. The zero-order chi connectivity index (χ0) is 9.35. The molecule has 0 aliphatic heterocycles. The van der Waals surface area contributed by atoms with E-state index in [2.05, 4.69) is 15.9 Å². The van der Waals surface area contributed by atoms with Crippen LogP contribution in [0.15, 0.2) is 14.7 Å². The van der Waals surface area contributed by atoms with Gasteiger partial charge in [-0.1, -0.05) is 11.3 Å². The first-order valence-electron chi connectivity index (χ1n) is 2.81. The van der Waals surface area contributed by atoms with E-state index in [1.165, 1.54) is 24.5 Å². The SMILES string of the molecule is COc1sc(Br)cc1S(N)(=O)=O. The predicted octanol–water partition coefficient (Wildman–Crippen LogP) is 1.17. The van der Waals surface area contributed by atoms with Crippen molar-refractivity contribution in [2.24, 2.45) is 5.14 Å². The van der Waals surface area contributed by atoms with Crippen molar-refractivity contribution in [3.05, 3.63) is 9.85 Å². The van der Waals surface area contributed by atoms with E-state index >= 15 is 0 Å². The highest BCUT2D eigenvalue weighted by molar-refractivity contribution is 9.11. The molecule has 1 rings (SSSR count). The summed E-state index contributed by atoms with van der Waals surface area (Å²) in [7, 11) is -2.27. The van der Waals surface area contributed by atoms with Gasteiger partial charge in [-0.3, -0.25) is 0 Å². The largest absolute Gasteiger partial charge is 0.486 e. The molecule has 1 heterocycles. The highest BCUT2D eigenvalue weighted by Gasteiger charge is 2.17. The third-order valence-electron chi connectivity index (χ3n) is 1.13. The predicted molar refractivity (Wildman–Crippen MR) is 49.9 cm³/mol. The van der Waals surface area contributed by atoms with Gasteiger partial charge >= 0.3 is 0 Å². The standard InChI is InChI=1S/C5H6BrNO3S2/c1-10-5-3(12(7,8)9)2-4(6)11-5/h2H,1H3,(H2,7,8,9). The normalized spacial score (nSPS) is 11.6. The van der Waals surface area contributed by atoms with Crippen molar-refractivity contribution >= 4 is 37.3 Å². The van der Waals surface area contributed by atoms with Crippen LogP contribution in [0.2, 0.25) is 0 Å². The molecule has 7 heteroatoms. The Morgan fingerprint density at radius 1 is 1.67 bits per heavy atom. The average molecular weight is 272 g/mol. The molecule has 0 radical (unpaired) electrons. The number of hydrogen-bond donors (Lipinski definition) is 1. The average Bonchev–Trinajstić information content (AvgIpc) is 2.29. The van der Waals surface area contributed by atoms with Crippen LogP contribution >= 0.6 is 27.3 Å². The zero-order valence-electron chi connectivity index (χ0n) is 6.07. The minimum absolute atomic E-state index is 0.0156. The molecule has 0 saturated heterocycles. The summed E-state index contributed by atoms with van der Waals surface area (Å²) in [6.07, 6.45) is 0. The summed E-state index contributed by atoms with van der Waals surface area (Å²) >= 11 is 4.31. The number of nitrogens with two attached hydrogens (primary N) is 1. The lowest BCUT2D eigenvalue weighted by Crippen LogP contribution is -2.11. The van der Waals surface area contributed by atoms with Crippen LogP contribution in [0.3, 0.4) is 0 Å². The number of ether oxygens (including phenoxy) is 1. The molecule has 0 aliphatic rings. The monoisotopic (exact) mass is 271 g/mol. The van der Waals surface area contributed by atoms with E-state index in [1.54, 1.807) is 0 Å². The molecule has 0 unspecified atom stereocenters. The molecule has 0 amide bonds. The quantitative estimate of drug-likeness (QED) is 0.878. The van der Waals surface area contributed by atoms with Gasteiger partial charge in [0.2, 0.25) is 10.0 Å². The van der Waals surface area contributed by atoms with Crippen LogP contribution in [0.4, 0.5) is 0 Å². The number of halogens is 1. The Labute approximate surface area is 82.5 Å². The number of rotatable bonds is 2. The van der Waals surface area contributed by atoms with E-state index in [1.807, 2.05) is 0 Å². The van der Waals surface area contributed by atoms with E-state index in [9.17, 15) is 8.42 Å². The lowest BCUT2D eigenvalue weighted by Gasteiger charge is -1.97. The maximum atomic E-state index is 10.9. The van der Waals surface area contributed by atoms with Gasteiger partial charge in [-0.05, 0) is 22.0 Å². The molecule has 0 spiro atoms. The molecule has 1 aromatic heterocycles. The maximum Gasteiger partial charge on any atom is 0.242 e. The molecule has 1 aromatic rings. The molecule has 12 heavy (non-hydrogen) atoms. The molecule has 0 atom stereocenters. The van der Waals surface area contributed by atoms with Crippen molar-refractivity contribution in [2.75, 3.05) is 7.11 Å². The van der Waals surface area contributed by atoms with Crippen molar-refractivity contribution < 1.29 is 13.2 Å². The first-order chi connectivity index (χ1) is 5.45. The Bertz CT molecular complexity index is 383. The van der Waals surface area contributed by atoms with Crippen molar-refractivity contribution in [1.82, 2.24) is 0 Å². The van der Waals surface area contributed by atoms with Crippen LogP contribution in [0.25, 0.3) is 0 Å². The second kappa shape index (κ2) is 3.33. The summed E-state index contributed by atoms with van der Waals surface area (Å²) < 4.78 is 27.3. The first kappa shape index (κ1) is 9.97. The van der Waals surface area contributed by atoms with Crippen LogP contribution in [0.5, 0.6) is 5.06 Å². The van der Waals surface area contributed by atoms with Gasteiger partial charge in [-0.15, -0.1) is 0 Å². The topological polar surface area (TPSA) is 69.4 Å². The molecule has 0 saturated carbocycles. The Morgan fingerprint density at radius 3 is 2.58 bits per heavy atom. The van der Waals surface area contributed by atoms with E-state index in [0.29, 0.717) is 8.85 Å². The Hall–Kier alpha value is -0.110. The molecule has 68 valence electrons. The third kappa shape index (κ3) is 1.98. The second-order valence-corrected chi connectivity index (χ2v) is 5.88. The van der Waals surface area contributed by atoms with Crippen molar-refractivity contribution in [2.45, 2.75) is 4.90 Å². The summed E-state index contributed by atoms with van der Waals surface area (Å²) in [5.41, 5.74) is 0. The van der Waals surface area contributed by atoms with Crippen LogP contribution < -0.4 is 9.88 Å². The van der Waals surface area contributed by atoms with Crippen molar-refractivity contribution in [3.63, 3.8) is 0 Å². The zero-order valence-corrected chi connectivity index (χ0v) is 9.29. The van der Waals surface area contributed by atoms with Gasteiger partial charge in [0.15, 0.2) is 5.06 Å². The Morgan fingerprint density at radius 2 is 2.25 bits per heavy atom. The molecule has 0 aromatic carbocycles. The van der Waals surface area contributed by atoms with E-state index < -0.39 is 10.0 Å². The molecular formula is C5H6BrNO3S2. The van der Waals surface area contributed by atoms with Crippen molar-refractivity contribution in [3.8, 4) is 5.06 Å². The smallest absolute Gasteiger partial charge is 0.242 e. The molecule has 4 nitrogen and oxygen atoms in total. The number of primary sulfonamides is 1. The lowest BCUT2D eigenvalue weighted by atomic mass is 10.6. The fraction of sp³-hybridized carbons (Fsp3) is 0.200. The van der Waals surface area contributed by atoms with Gasteiger partial charge in [0, 0.05) is 0 Å². The summed E-state index contributed by atoms with van der Waals surface area (Å²) in [6, 6.07) is 1.42. The van der Waals surface area contributed by atoms with Gasteiger partial charge in [0.05, 0.1) is 10.9 Å². The highest BCUT2D eigenvalue weighted by atomic mass is 79.9.